The largest absolute Gasteiger partial charge is 0.359 e. The lowest BCUT2D eigenvalue weighted by molar-refractivity contribution is 0.352. The Kier molecular flexibility index (Phi) is 4.32. The van der Waals surface area contributed by atoms with E-state index in [1.165, 1.54) is 0 Å². The van der Waals surface area contributed by atoms with Crippen LogP contribution >= 0.6 is 0 Å². The van der Waals surface area contributed by atoms with Crippen molar-refractivity contribution in [1.82, 2.24) is 9.62 Å². The topological polar surface area (TPSA) is 73.2 Å². The zero-order chi connectivity index (χ0) is 16.5. The molecule has 6 heteroatoms. The second-order valence-electron chi connectivity index (χ2n) is 6.49. The first-order chi connectivity index (χ1) is 10.1. The number of nitrogens with zero attached hydrogens (tertiary/aromatic N) is 2. The van der Waals surface area contributed by atoms with Crippen LogP contribution in [0.1, 0.15) is 38.8 Å². The van der Waals surface area contributed by atoms with Crippen molar-refractivity contribution in [2.75, 3.05) is 7.05 Å². The molecule has 118 valence electrons. The van der Waals surface area contributed by atoms with E-state index in [2.05, 4.69) is 10.8 Å². The van der Waals surface area contributed by atoms with Gasteiger partial charge in [-0.2, -0.15) is 5.26 Å². The predicted molar refractivity (Wildman–Crippen MR) is 85.3 cm³/mol. The SMILES string of the molecule is CN1C(C#N)=CCC1c1ccc(S(=O)(=O)NC(C)(C)C)cc1. The first-order valence-electron chi connectivity index (χ1n) is 7.11. The molecule has 5 nitrogen and oxygen atoms in total. The zero-order valence-electron chi connectivity index (χ0n) is 13.3. The molecule has 1 atom stereocenters. The quantitative estimate of drug-likeness (QED) is 0.929. The Morgan fingerprint density at radius 2 is 1.86 bits per heavy atom. The van der Waals surface area contributed by atoms with Crippen molar-refractivity contribution in [2.45, 2.75) is 43.7 Å². The molecule has 0 aromatic heterocycles. The van der Waals surface area contributed by atoms with Gasteiger partial charge in [-0.3, -0.25) is 0 Å². The lowest BCUT2D eigenvalue weighted by atomic mass is 10.1. The number of benzene rings is 1. The number of rotatable bonds is 3. The molecule has 0 saturated heterocycles. The van der Waals surface area contributed by atoms with Gasteiger partial charge in [0.15, 0.2) is 0 Å². The molecule has 1 heterocycles. The number of sulfonamides is 1. The number of allylic oxidation sites excluding steroid dienone is 1. The Morgan fingerprint density at radius 3 is 2.32 bits per heavy atom. The third kappa shape index (κ3) is 3.49. The number of nitriles is 1. The molecule has 1 aliphatic rings. The van der Waals surface area contributed by atoms with Gasteiger partial charge < -0.3 is 4.90 Å². The Morgan fingerprint density at radius 1 is 1.27 bits per heavy atom. The summed E-state index contributed by atoms with van der Waals surface area (Å²) in [4.78, 5) is 2.16. The van der Waals surface area contributed by atoms with Gasteiger partial charge in [0.25, 0.3) is 0 Å². The highest BCUT2D eigenvalue weighted by molar-refractivity contribution is 7.89. The summed E-state index contributed by atoms with van der Waals surface area (Å²) in [5.74, 6) is 0. The average Bonchev–Trinajstić information content (AvgIpc) is 2.77. The van der Waals surface area contributed by atoms with Gasteiger partial charge in [0.2, 0.25) is 10.0 Å². The smallest absolute Gasteiger partial charge is 0.241 e. The van der Waals surface area contributed by atoms with Crippen LogP contribution in [0, 0.1) is 11.3 Å². The summed E-state index contributed by atoms with van der Waals surface area (Å²) in [7, 11) is -1.64. The second kappa shape index (κ2) is 5.75. The first-order valence-corrected chi connectivity index (χ1v) is 8.59. The highest BCUT2D eigenvalue weighted by Crippen LogP contribution is 2.32. The van der Waals surface area contributed by atoms with Crippen molar-refractivity contribution in [2.24, 2.45) is 0 Å². The number of hydrogen-bond donors (Lipinski definition) is 1. The number of nitrogens with one attached hydrogen (secondary N) is 1. The lowest BCUT2D eigenvalue weighted by Crippen LogP contribution is -2.40. The van der Waals surface area contributed by atoms with Crippen molar-refractivity contribution in [1.29, 1.82) is 5.26 Å². The molecular formula is C16H21N3O2S. The van der Waals surface area contributed by atoms with E-state index in [4.69, 9.17) is 5.26 Å². The summed E-state index contributed by atoms with van der Waals surface area (Å²) in [6.45, 7) is 5.42. The fourth-order valence-corrected chi connectivity index (χ4v) is 3.93. The molecule has 0 aliphatic carbocycles. The van der Waals surface area contributed by atoms with Crippen LogP contribution in [0.15, 0.2) is 40.9 Å². The molecular weight excluding hydrogens is 298 g/mol. The van der Waals surface area contributed by atoms with Crippen LogP contribution in [0.5, 0.6) is 0 Å². The van der Waals surface area contributed by atoms with Crippen LogP contribution in [-0.4, -0.2) is 25.9 Å². The number of hydrogen-bond acceptors (Lipinski definition) is 4. The van der Waals surface area contributed by atoms with E-state index in [1.807, 2.05) is 50.9 Å². The monoisotopic (exact) mass is 319 g/mol. The van der Waals surface area contributed by atoms with Gasteiger partial charge in [0.05, 0.1) is 10.9 Å². The van der Waals surface area contributed by atoms with E-state index < -0.39 is 15.6 Å². The molecule has 0 fully saturated rings. The van der Waals surface area contributed by atoms with Gasteiger partial charge in [0, 0.05) is 12.6 Å². The zero-order valence-corrected chi connectivity index (χ0v) is 14.1. The summed E-state index contributed by atoms with van der Waals surface area (Å²) in [6.07, 6.45) is 2.65. The molecule has 0 bridgehead atoms. The summed E-state index contributed by atoms with van der Waals surface area (Å²) < 4.78 is 27.2. The maximum atomic E-state index is 12.3. The van der Waals surface area contributed by atoms with Crippen LogP contribution in [0.2, 0.25) is 0 Å². The lowest BCUT2D eigenvalue weighted by Gasteiger charge is -2.24. The molecule has 22 heavy (non-hydrogen) atoms. The van der Waals surface area contributed by atoms with Gasteiger partial charge in [-0.1, -0.05) is 12.1 Å². The molecule has 2 rings (SSSR count). The summed E-state index contributed by atoms with van der Waals surface area (Å²) in [6, 6.07) is 9.09. The Hall–Kier alpha value is -1.84. The Bertz CT molecular complexity index is 722. The molecule has 1 N–H and O–H groups in total. The van der Waals surface area contributed by atoms with E-state index in [0.717, 1.165) is 12.0 Å². The van der Waals surface area contributed by atoms with Crippen molar-refractivity contribution in [3.63, 3.8) is 0 Å². The van der Waals surface area contributed by atoms with E-state index >= 15 is 0 Å². The molecule has 0 spiro atoms. The molecule has 1 aromatic carbocycles. The fourth-order valence-electron chi connectivity index (χ4n) is 2.51. The molecule has 0 radical (unpaired) electrons. The molecule has 0 amide bonds. The normalized spacial score (nSPS) is 19.0. The second-order valence-corrected chi connectivity index (χ2v) is 8.17. The summed E-state index contributed by atoms with van der Waals surface area (Å²) >= 11 is 0. The van der Waals surface area contributed by atoms with Crippen molar-refractivity contribution < 1.29 is 8.42 Å². The van der Waals surface area contributed by atoms with Crippen LogP contribution in [0.25, 0.3) is 0 Å². The summed E-state index contributed by atoms with van der Waals surface area (Å²) in [5.41, 5.74) is 1.13. The van der Waals surface area contributed by atoms with Crippen molar-refractivity contribution >= 4 is 10.0 Å². The van der Waals surface area contributed by atoms with Crippen molar-refractivity contribution in [3.05, 3.63) is 41.6 Å². The summed E-state index contributed by atoms with van der Waals surface area (Å²) in [5, 5.41) is 9.01. The van der Waals surface area contributed by atoms with E-state index in [0.29, 0.717) is 5.70 Å². The van der Waals surface area contributed by atoms with Gasteiger partial charge >= 0.3 is 0 Å². The molecule has 1 aromatic rings. The molecule has 1 aliphatic heterocycles. The molecule has 0 saturated carbocycles. The average molecular weight is 319 g/mol. The minimum Gasteiger partial charge on any atom is -0.359 e. The minimum atomic E-state index is -3.52. The van der Waals surface area contributed by atoms with Gasteiger partial charge in [-0.15, -0.1) is 0 Å². The van der Waals surface area contributed by atoms with Crippen LogP contribution in [-0.2, 0) is 10.0 Å². The van der Waals surface area contributed by atoms with Crippen LogP contribution < -0.4 is 4.72 Å². The van der Waals surface area contributed by atoms with Crippen LogP contribution in [0.4, 0.5) is 0 Å². The van der Waals surface area contributed by atoms with Crippen LogP contribution in [0.3, 0.4) is 0 Å². The van der Waals surface area contributed by atoms with Gasteiger partial charge in [-0.05, 0) is 51.0 Å². The maximum absolute atomic E-state index is 12.3. The predicted octanol–water partition coefficient (Wildman–Crippen LogP) is 2.55. The minimum absolute atomic E-state index is 0.0852. The molecule has 1 unspecified atom stereocenters. The highest BCUT2D eigenvalue weighted by Gasteiger charge is 2.25. The van der Waals surface area contributed by atoms with Crippen molar-refractivity contribution in [3.8, 4) is 6.07 Å². The highest BCUT2D eigenvalue weighted by atomic mass is 32.2. The Balaban J connectivity index is 2.21. The fraction of sp³-hybridized carbons (Fsp3) is 0.438. The third-order valence-electron chi connectivity index (χ3n) is 3.51. The first kappa shape index (κ1) is 16.5. The van der Waals surface area contributed by atoms with Gasteiger partial charge in [0.1, 0.15) is 11.8 Å². The van der Waals surface area contributed by atoms with E-state index in [9.17, 15) is 8.42 Å². The standard InChI is InChI=1S/C16H21N3O2S/c1-16(2,3)18-22(20,21)14-8-5-12(6-9-14)15-10-7-13(11-17)19(15)4/h5-9,15,18H,10H2,1-4H3. The van der Waals surface area contributed by atoms with E-state index in [-0.39, 0.29) is 10.9 Å². The van der Waals surface area contributed by atoms with Gasteiger partial charge in [-0.25, -0.2) is 13.1 Å². The Labute approximate surface area is 132 Å². The third-order valence-corrected chi connectivity index (χ3v) is 5.29. The maximum Gasteiger partial charge on any atom is 0.241 e. The van der Waals surface area contributed by atoms with E-state index in [1.54, 1.807) is 12.1 Å².